The Labute approximate surface area is 149 Å². The molecular formula is C23H16FNO. The lowest BCUT2D eigenvalue weighted by Crippen LogP contribution is -1.99. The predicted molar refractivity (Wildman–Crippen MR) is 105 cm³/mol. The molecule has 2 nitrogen and oxygen atoms in total. The van der Waals surface area contributed by atoms with Crippen molar-refractivity contribution in [3.8, 4) is 0 Å². The summed E-state index contributed by atoms with van der Waals surface area (Å²) < 4.78 is 19.4. The second-order valence-corrected chi connectivity index (χ2v) is 6.49. The number of furan rings is 1. The fourth-order valence-electron chi connectivity index (χ4n) is 3.41. The van der Waals surface area contributed by atoms with Crippen LogP contribution in [-0.4, -0.2) is 0 Å². The molecule has 0 atom stereocenters. The van der Waals surface area contributed by atoms with Crippen LogP contribution in [0.2, 0.25) is 0 Å². The van der Waals surface area contributed by atoms with Crippen molar-refractivity contribution in [2.75, 3.05) is 5.32 Å². The molecule has 4 aromatic carbocycles. The van der Waals surface area contributed by atoms with Gasteiger partial charge in [-0.3, -0.25) is 0 Å². The van der Waals surface area contributed by atoms with Crippen molar-refractivity contribution >= 4 is 38.4 Å². The third-order valence-corrected chi connectivity index (χ3v) is 4.74. The van der Waals surface area contributed by atoms with Crippen LogP contribution in [-0.2, 0) is 6.54 Å². The van der Waals surface area contributed by atoms with E-state index in [1.54, 1.807) is 6.07 Å². The normalized spacial score (nSPS) is 11.4. The summed E-state index contributed by atoms with van der Waals surface area (Å²) in [5, 5.41) is 7.65. The maximum Gasteiger partial charge on any atom is 0.135 e. The Kier molecular flexibility index (Phi) is 3.39. The average Bonchev–Trinajstić information content (AvgIpc) is 3.03. The maximum absolute atomic E-state index is 13.6. The van der Waals surface area contributed by atoms with Crippen molar-refractivity contribution in [1.29, 1.82) is 0 Å². The van der Waals surface area contributed by atoms with Gasteiger partial charge < -0.3 is 9.73 Å². The van der Waals surface area contributed by atoms with Crippen molar-refractivity contribution in [1.82, 2.24) is 0 Å². The van der Waals surface area contributed by atoms with Crippen LogP contribution < -0.4 is 5.32 Å². The lowest BCUT2D eigenvalue weighted by atomic mass is 10.1. The minimum Gasteiger partial charge on any atom is -0.456 e. The molecule has 1 heterocycles. The molecule has 126 valence electrons. The van der Waals surface area contributed by atoms with Gasteiger partial charge in [0.15, 0.2) is 0 Å². The number of anilines is 1. The molecule has 0 bridgehead atoms. The van der Waals surface area contributed by atoms with E-state index in [1.807, 2.05) is 24.3 Å². The fourth-order valence-corrected chi connectivity index (χ4v) is 3.41. The molecule has 5 rings (SSSR count). The number of hydrogen-bond acceptors (Lipinski definition) is 2. The smallest absolute Gasteiger partial charge is 0.135 e. The number of rotatable bonds is 3. The van der Waals surface area contributed by atoms with Crippen molar-refractivity contribution < 1.29 is 8.81 Å². The molecule has 3 heteroatoms. The van der Waals surface area contributed by atoms with Gasteiger partial charge in [0.05, 0.1) is 0 Å². The van der Waals surface area contributed by atoms with Crippen LogP contribution in [0.25, 0.3) is 32.7 Å². The number of halogens is 1. The first-order chi connectivity index (χ1) is 12.8. The highest BCUT2D eigenvalue weighted by Gasteiger charge is 2.08. The first-order valence-corrected chi connectivity index (χ1v) is 8.60. The highest BCUT2D eigenvalue weighted by Crippen LogP contribution is 2.31. The van der Waals surface area contributed by atoms with Crippen molar-refractivity contribution in [2.45, 2.75) is 6.54 Å². The Bertz CT molecular complexity index is 1260. The Morgan fingerprint density at radius 1 is 0.731 bits per heavy atom. The number of nitrogens with one attached hydrogen (secondary N) is 1. The van der Waals surface area contributed by atoms with E-state index in [2.05, 4.69) is 41.7 Å². The molecule has 0 aliphatic carbocycles. The van der Waals surface area contributed by atoms with Gasteiger partial charge in [-0.1, -0.05) is 36.4 Å². The van der Waals surface area contributed by atoms with Crippen molar-refractivity contribution in [3.05, 3.63) is 90.2 Å². The van der Waals surface area contributed by atoms with Gasteiger partial charge in [-0.05, 0) is 58.8 Å². The van der Waals surface area contributed by atoms with Crippen LogP contribution in [0.3, 0.4) is 0 Å². The summed E-state index contributed by atoms with van der Waals surface area (Å²) in [5.41, 5.74) is 3.67. The van der Waals surface area contributed by atoms with Crippen molar-refractivity contribution in [3.63, 3.8) is 0 Å². The summed E-state index contributed by atoms with van der Waals surface area (Å²) in [6, 6.07) is 25.4. The van der Waals surface area contributed by atoms with Gasteiger partial charge in [0.1, 0.15) is 17.0 Å². The molecule has 0 saturated carbocycles. The molecule has 0 spiro atoms. The minimum absolute atomic E-state index is 0.255. The number of benzene rings is 4. The van der Waals surface area contributed by atoms with Gasteiger partial charge in [-0.2, -0.15) is 0 Å². The van der Waals surface area contributed by atoms with E-state index in [1.165, 1.54) is 28.5 Å². The Balaban J connectivity index is 1.46. The third kappa shape index (κ3) is 2.58. The molecule has 26 heavy (non-hydrogen) atoms. The highest BCUT2D eigenvalue weighted by atomic mass is 19.1. The molecule has 0 unspecified atom stereocenters. The lowest BCUT2D eigenvalue weighted by Gasteiger charge is -2.08. The van der Waals surface area contributed by atoms with E-state index in [4.69, 9.17) is 4.42 Å². The van der Waals surface area contributed by atoms with Gasteiger partial charge >= 0.3 is 0 Å². The third-order valence-electron chi connectivity index (χ3n) is 4.74. The quantitative estimate of drug-likeness (QED) is 0.406. The zero-order valence-electron chi connectivity index (χ0n) is 14.0. The van der Waals surface area contributed by atoms with E-state index in [-0.39, 0.29) is 5.82 Å². The van der Waals surface area contributed by atoms with E-state index >= 15 is 0 Å². The summed E-state index contributed by atoms with van der Waals surface area (Å²) in [5.74, 6) is -0.255. The molecule has 1 N–H and O–H groups in total. The molecule has 1 aromatic heterocycles. The van der Waals surface area contributed by atoms with Gasteiger partial charge in [0, 0.05) is 23.0 Å². The van der Waals surface area contributed by atoms with Gasteiger partial charge in [-0.15, -0.1) is 0 Å². The standard InChI is InChI=1S/C23H16FNO/c24-18-7-9-22-20(12-18)21-13-19(8-10-23(21)26-22)25-14-15-5-6-16-3-1-2-4-17(16)11-15/h1-13,25H,14H2. The fraction of sp³-hybridized carbons (Fsp3) is 0.0435. The number of hydrogen-bond donors (Lipinski definition) is 1. The van der Waals surface area contributed by atoms with Gasteiger partial charge in [-0.25, -0.2) is 4.39 Å². The SMILES string of the molecule is Fc1ccc2oc3ccc(NCc4ccc5ccccc5c4)cc3c2c1. The van der Waals surface area contributed by atoms with Crippen LogP contribution in [0.15, 0.2) is 83.3 Å². The van der Waals surface area contributed by atoms with Crippen LogP contribution in [0, 0.1) is 5.82 Å². The second kappa shape index (κ2) is 5.88. The van der Waals surface area contributed by atoms with Crippen LogP contribution >= 0.6 is 0 Å². The molecule has 0 amide bonds. The summed E-state index contributed by atoms with van der Waals surface area (Å²) in [4.78, 5) is 0. The zero-order valence-corrected chi connectivity index (χ0v) is 14.0. The Morgan fingerprint density at radius 2 is 1.50 bits per heavy atom. The Morgan fingerprint density at radius 3 is 2.38 bits per heavy atom. The highest BCUT2D eigenvalue weighted by molar-refractivity contribution is 6.06. The molecule has 5 aromatic rings. The van der Waals surface area contributed by atoms with Gasteiger partial charge in [0.2, 0.25) is 0 Å². The molecular weight excluding hydrogens is 325 g/mol. The predicted octanol–water partition coefficient (Wildman–Crippen LogP) is 6.49. The minimum atomic E-state index is -0.255. The largest absolute Gasteiger partial charge is 0.456 e. The topological polar surface area (TPSA) is 25.2 Å². The zero-order chi connectivity index (χ0) is 17.5. The lowest BCUT2D eigenvalue weighted by molar-refractivity contribution is 0.626. The van der Waals surface area contributed by atoms with Crippen LogP contribution in [0.4, 0.5) is 10.1 Å². The number of fused-ring (bicyclic) bond motifs is 4. The molecule has 0 radical (unpaired) electrons. The summed E-state index contributed by atoms with van der Waals surface area (Å²) >= 11 is 0. The second-order valence-electron chi connectivity index (χ2n) is 6.49. The van der Waals surface area contributed by atoms with E-state index in [0.29, 0.717) is 5.58 Å². The molecule has 0 fully saturated rings. The van der Waals surface area contributed by atoms with E-state index in [0.717, 1.165) is 28.6 Å². The average molecular weight is 341 g/mol. The maximum atomic E-state index is 13.6. The van der Waals surface area contributed by atoms with Crippen LogP contribution in [0.5, 0.6) is 0 Å². The summed E-state index contributed by atoms with van der Waals surface area (Å²) in [6.45, 7) is 0.723. The summed E-state index contributed by atoms with van der Waals surface area (Å²) in [6.07, 6.45) is 0. The Hall–Kier alpha value is -3.33. The van der Waals surface area contributed by atoms with E-state index < -0.39 is 0 Å². The molecule has 0 aliphatic heterocycles. The monoisotopic (exact) mass is 341 g/mol. The molecule has 0 aliphatic rings. The first kappa shape index (κ1) is 15.0. The van der Waals surface area contributed by atoms with Crippen LogP contribution in [0.1, 0.15) is 5.56 Å². The first-order valence-electron chi connectivity index (χ1n) is 8.60. The molecule has 0 saturated heterocycles. The van der Waals surface area contributed by atoms with E-state index in [9.17, 15) is 4.39 Å². The van der Waals surface area contributed by atoms with Gasteiger partial charge in [0.25, 0.3) is 0 Å². The summed E-state index contributed by atoms with van der Waals surface area (Å²) in [7, 11) is 0. The van der Waals surface area contributed by atoms with Crippen molar-refractivity contribution in [2.24, 2.45) is 0 Å².